The summed E-state index contributed by atoms with van der Waals surface area (Å²) in [5.41, 5.74) is 0. The molecule has 0 aromatic heterocycles. The van der Waals surface area contributed by atoms with Crippen LogP contribution in [0.4, 0.5) is 0 Å². The van der Waals surface area contributed by atoms with E-state index in [9.17, 15) is 4.79 Å². The van der Waals surface area contributed by atoms with Crippen LogP contribution in [-0.4, -0.2) is 43.1 Å². The Bertz CT molecular complexity index is 487. The molecule has 1 heterocycles. The van der Waals surface area contributed by atoms with E-state index in [1.165, 1.54) is 0 Å². The molecule has 1 N–H and O–H groups in total. The van der Waals surface area contributed by atoms with E-state index in [1.807, 2.05) is 36.1 Å². The Hall–Kier alpha value is -1.07. The number of hydrogen-bond donors (Lipinski definition) is 1. The van der Waals surface area contributed by atoms with Crippen molar-refractivity contribution < 1.29 is 9.53 Å². The maximum absolute atomic E-state index is 12.5. The maximum Gasteiger partial charge on any atom is 0.263 e. The van der Waals surface area contributed by atoms with E-state index in [0.717, 1.165) is 43.5 Å². The van der Waals surface area contributed by atoms with Crippen LogP contribution in [-0.2, 0) is 4.79 Å². The normalized spacial score (nSPS) is 17.3. The van der Waals surface area contributed by atoms with Gasteiger partial charge in [0.05, 0.1) is 4.47 Å². The molecule has 1 saturated heterocycles. The first-order valence-corrected chi connectivity index (χ1v) is 8.81. The Morgan fingerprint density at radius 2 is 2.09 bits per heavy atom. The zero-order chi connectivity index (χ0) is 15.9. The molecule has 4 nitrogen and oxygen atoms in total. The monoisotopic (exact) mass is 368 g/mol. The van der Waals surface area contributed by atoms with Crippen LogP contribution >= 0.6 is 15.9 Å². The summed E-state index contributed by atoms with van der Waals surface area (Å²) in [7, 11) is 0. The van der Waals surface area contributed by atoms with Crippen LogP contribution in [0.5, 0.6) is 5.75 Å². The minimum atomic E-state index is -0.455. The summed E-state index contributed by atoms with van der Waals surface area (Å²) in [6.07, 6.45) is 1.69. The highest BCUT2D eigenvalue weighted by atomic mass is 79.9. The second-order valence-corrected chi connectivity index (χ2v) is 6.62. The zero-order valence-corrected chi connectivity index (χ0v) is 14.9. The Balaban J connectivity index is 1.83. The number of likely N-dealkylation sites (tertiary alicyclic amines) is 1. The predicted octanol–water partition coefficient (Wildman–Crippen LogP) is 3.06. The number of nitrogens with zero attached hydrogens (tertiary/aromatic N) is 1. The molecule has 2 rings (SSSR count). The molecule has 0 saturated carbocycles. The molecule has 1 atom stereocenters. The first-order valence-electron chi connectivity index (χ1n) is 8.02. The zero-order valence-electron chi connectivity index (χ0n) is 13.3. The van der Waals surface area contributed by atoms with Gasteiger partial charge in [-0.15, -0.1) is 0 Å². The third-order valence-electron chi connectivity index (χ3n) is 4.10. The molecule has 0 radical (unpaired) electrons. The molecule has 1 aliphatic heterocycles. The Morgan fingerprint density at radius 3 is 2.73 bits per heavy atom. The third kappa shape index (κ3) is 4.71. The van der Waals surface area contributed by atoms with Crippen molar-refractivity contribution in [1.82, 2.24) is 10.2 Å². The van der Waals surface area contributed by atoms with Crippen molar-refractivity contribution in [3.8, 4) is 5.75 Å². The fraction of sp³-hybridized carbons (Fsp3) is 0.588. The van der Waals surface area contributed by atoms with Gasteiger partial charge >= 0.3 is 0 Å². The SMILES string of the molecule is CCNCC1CCN(C(=O)C(C)Oc2ccccc2Br)CC1. The van der Waals surface area contributed by atoms with E-state index in [2.05, 4.69) is 28.2 Å². The summed E-state index contributed by atoms with van der Waals surface area (Å²) in [5, 5.41) is 3.39. The molecule has 22 heavy (non-hydrogen) atoms. The average Bonchev–Trinajstić information content (AvgIpc) is 2.55. The Labute approximate surface area is 141 Å². The van der Waals surface area contributed by atoms with Gasteiger partial charge in [-0.05, 0) is 66.8 Å². The number of halogens is 1. The predicted molar refractivity (Wildman–Crippen MR) is 92.1 cm³/mol. The molecule has 1 unspecified atom stereocenters. The fourth-order valence-corrected chi connectivity index (χ4v) is 3.12. The van der Waals surface area contributed by atoms with Crippen LogP contribution in [0.3, 0.4) is 0 Å². The van der Waals surface area contributed by atoms with Crippen molar-refractivity contribution in [2.45, 2.75) is 32.8 Å². The molecule has 1 aromatic rings. The van der Waals surface area contributed by atoms with Gasteiger partial charge in [-0.25, -0.2) is 0 Å². The van der Waals surface area contributed by atoms with Gasteiger partial charge in [-0.1, -0.05) is 19.1 Å². The van der Waals surface area contributed by atoms with Gasteiger partial charge in [0.15, 0.2) is 6.10 Å². The fourth-order valence-electron chi connectivity index (χ4n) is 2.74. The van der Waals surface area contributed by atoms with Gasteiger partial charge in [-0.2, -0.15) is 0 Å². The summed E-state index contributed by atoms with van der Waals surface area (Å²) < 4.78 is 6.68. The van der Waals surface area contributed by atoms with Crippen LogP contribution in [0.25, 0.3) is 0 Å². The Kier molecular flexibility index (Phi) is 6.70. The van der Waals surface area contributed by atoms with E-state index < -0.39 is 6.10 Å². The van der Waals surface area contributed by atoms with Gasteiger partial charge in [0.25, 0.3) is 5.91 Å². The number of hydrogen-bond acceptors (Lipinski definition) is 3. The summed E-state index contributed by atoms with van der Waals surface area (Å²) in [5.74, 6) is 1.48. The largest absolute Gasteiger partial charge is 0.480 e. The molecule has 1 amide bonds. The molecular formula is C17H25BrN2O2. The third-order valence-corrected chi connectivity index (χ3v) is 4.75. The second kappa shape index (κ2) is 8.53. The molecule has 5 heteroatoms. The molecule has 0 bridgehead atoms. The lowest BCUT2D eigenvalue weighted by molar-refractivity contribution is -0.139. The van der Waals surface area contributed by atoms with Crippen LogP contribution in [0.2, 0.25) is 0 Å². The first kappa shape index (κ1) is 17.3. The highest BCUT2D eigenvalue weighted by Crippen LogP contribution is 2.25. The molecule has 1 aromatic carbocycles. The molecule has 122 valence electrons. The molecule has 1 aliphatic rings. The standard InChI is InChI=1S/C17H25BrN2O2/c1-3-19-12-14-8-10-20(11-9-14)17(21)13(2)22-16-7-5-4-6-15(16)18/h4-7,13-14,19H,3,8-12H2,1-2H3. The topological polar surface area (TPSA) is 41.6 Å². The number of carbonyl (C=O) groups is 1. The highest BCUT2D eigenvalue weighted by molar-refractivity contribution is 9.10. The lowest BCUT2D eigenvalue weighted by Crippen LogP contribution is -2.45. The van der Waals surface area contributed by atoms with Crippen molar-refractivity contribution in [3.05, 3.63) is 28.7 Å². The average molecular weight is 369 g/mol. The quantitative estimate of drug-likeness (QED) is 0.838. The first-order chi connectivity index (χ1) is 10.6. The van der Waals surface area contributed by atoms with Gasteiger partial charge in [0, 0.05) is 13.1 Å². The minimum absolute atomic E-state index is 0.0812. The van der Waals surface area contributed by atoms with Gasteiger partial charge in [0.2, 0.25) is 0 Å². The van der Waals surface area contributed by atoms with E-state index >= 15 is 0 Å². The number of carbonyl (C=O) groups excluding carboxylic acids is 1. The van der Waals surface area contributed by atoms with Crippen LogP contribution < -0.4 is 10.1 Å². The van der Waals surface area contributed by atoms with Crippen molar-refractivity contribution in [3.63, 3.8) is 0 Å². The van der Waals surface area contributed by atoms with E-state index in [1.54, 1.807) is 0 Å². The van der Waals surface area contributed by atoms with Crippen molar-refractivity contribution in [2.75, 3.05) is 26.2 Å². The van der Waals surface area contributed by atoms with Crippen LogP contribution in [0.15, 0.2) is 28.7 Å². The molecular weight excluding hydrogens is 344 g/mol. The number of amides is 1. The van der Waals surface area contributed by atoms with E-state index in [-0.39, 0.29) is 5.91 Å². The van der Waals surface area contributed by atoms with Crippen LogP contribution in [0.1, 0.15) is 26.7 Å². The number of para-hydroxylation sites is 1. The van der Waals surface area contributed by atoms with Gasteiger partial charge in [-0.3, -0.25) is 4.79 Å². The number of rotatable bonds is 6. The summed E-state index contributed by atoms with van der Waals surface area (Å²) >= 11 is 3.44. The van der Waals surface area contributed by atoms with Crippen LogP contribution in [0, 0.1) is 5.92 Å². The number of ether oxygens (including phenoxy) is 1. The second-order valence-electron chi connectivity index (χ2n) is 5.77. The summed E-state index contributed by atoms with van der Waals surface area (Å²) in [6.45, 7) is 7.68. The smallest absolute Gasteiger partial charge is 0.263 e. The van der Waals surface area contributed by atoms with Crippen molar-refractivity contribution in [2.24, 2.45) is 5.92 Å². The molecule has 0 spiro atoms. The molecule has 0 aliphatic carbocycles. The van der Waals surface area contributed by atoms with Crippen molar-refractivity contribution in [1.29, 1.82) is 0 Å². The van der Waals surface area contributed by atoms with Gasteiger partial charge < -0.3 is 15.0 Å². The van der Waals surface area contributed by atoms with E-state index in [0.29, 0.717) is 11.7 Å². The summed E-state index contributed by atoms with van der Waals surface area (Å²) in [4.78, 5) is 14.4. The summed E-state index contributed by atoms with van der Waals surface area (Å²) in [6, 6.07) is 7.62. The molecule has 1 fully saturated rings. The number of piperidine rings is 1. The number of benzene rings is 1. The van der Waals surface area contributed by atoms with Gasteiger partial charge in [0.1, 0.15) is 5.75 Å². The highest BCUT2D eigenvalue weighted by Gasteiger charge is 2.27. The lowest BCUT2D eigenvalue weighted by atomic mass is 9.96. The Morgan fingerprint density at radius 1 is 1.41 bits per heavy atom. The van der Waals surface area contributed by atoms with Crippen molar-refractivity contribution >= 4 is 21.8 Å². The number of nitrogens with one attached hydrogen (secondary N) is 1. The minimum Gasteiger partial charge on any atom is -0.480 e. The maximum atomic E-state index is 12.5. The lowest BCUT2D eigenvalue weighted by Gasteiger charge is -2.33. The van der Waals surface area contributed by atoms with E-state index in [4.69, 9.17) is 4.74 Å².